The van der Waals surface area contributed by atoms with Crippen molar-refractivity contribution < 1.29 is 47.7 Å². The largest absolute Gasteiger partial charge is 0.462 e. The van der Waals surface area contributed by atoms with E-state index in [4.69, 9.17) is 23.7 Å². The quantitative estimate of drug-likeness (QED) is 0.103. The zero-order chi connectivity index (χ0) is 32.4. The van der Waals surface area contributed by atoms with E-state index in [1.165, 1.54) is 13.0 Å². The number of ketones is 1. The predicted molar refractivity (Wildman–Crippen MR) is 156 cm³/mol. The molecule has 0 bridgehead atoms. The van der Waals surface area contributed by atoms with Crippen LogP contribution in [0.3, 0.4) is 0 Å². The van der Waals surface area contributed by atoms with Crippen molar-refractivity contribution in [3.05, 3.63) is 23.8 Å². The van der Waals surface area contributed by atoms with Gasteiger partial charge in [0.15, 0.2) is 18.0 Å². The Morgan fingerprint density at radius 2 is 1.53 bits per heavy atom. The molecular weight excluding hydrogens is 556 g/mol. The molecule has 0 aromatic heterocycles. The maximum Gasteiger partial charge on any atom is 0.331 e. The van der Waals surface area contributed by atoms with Gasteiger partial charge in [0.1, 0.15) is 12.2 Å². The van der Waals surface area contributed by atoms with Gasteiger partial charge < -0.3 is 23.7 Å². The molecule has 0 amide bonds. The Morgan fingerprint density at radius 1 is 0.977 bits per heavy atom. The molecule has 2 saturated carbocycles. The number of hydrogen-bond donors (Lipinski definition) is 0. The number of allylic oxidation sites excluding steroid dienone is 1. The fourth-order valence-corrected chi connectivity index (χ4v) is 6.31. The fraction of sp³-hybridized carbons (Fsp3) is 0.727. The molecule has 43 heavy (non-hydrogen) atoms. The minimum absolute atomic E-state index is 0.302. The number of Topliss-reactive ketones (excluding diaryl/α,β-unsaturated/α-hetero) is 1. The average molecular weight is 605 g/mol. The minimum Gasteiger partial charge on any atom is -0.462 e. The lowest BCUT2D eigenvalue weighted by atomic mass is 9.61. The summed E-state index contributed by atoms with van der Waals surface area (Å²) in [6.45, 7) is 20.2. The zero-order valence-electron chi connectivity index (χ0n) is 27.0. The van der Waals surface area contributed by atoms with Gasteiger partial charge in [0, 0.05) is 24.8 Å². The minimum atomic E-state index is -1.26. The molecule has 1 aliphatic heterocycles. The van der Waals surface area contributed by atoms with E-state index in [0.717, 1.165) is 5.57 Å². The van der Waals surface area contributed by atoms with Gasteiger partial charge in [-0.05, 0) is 51.5 Å². The van der Waals surface area contributed by atoms with Crippen LogP contribution in [0.5, 0.6) is 0 Å². The molecule has 0 aromatic rings. The van der Waals surface area contributed by atoms with Crippen LogP contribution in [0.1, 0.15) is 81.6 Å². The van der Waals surface area contributed by atoms with Crippen LogP contribution < -0.4 is 0 Å². The summed E-state index contributed by atoms with van der Waals surface area (Å²) in [6, 6.07) is 0. The van der Waals surface area contributed by atoms with Crippen molar-refractivity contribution in [2.75, 3.05) is 6.61 Å². The highest BCUT2D eigenvalue weighted by Gasteiger charge is 2.70. The number of ether oxygens (including phenoxy) is 5. The molecule has 11 atom stereocenters. The van der Waals surface area contributed by atoms with E-state index >= 15 is 0 Å². The van der Waals surface area contributed by atoms with Gasteiger partial charge in [-0.1, -0.05) is 46.8 Å². The maximum atomic E-state index is 14.2. The Labute approximate surface area is 254 Å². The predicted octanol–water partition coefficient (Wildman–Crippen LogP) is 4.53. The van der Waals surface area contributed by atoms with Gasteiger partial charge in [-0.15, -0.1) is 0 Å². The van der Waals surface area contributed by atoms with Crippen LogP contribution >= 0.6 is 0 Å². The molecule has 0 spiro atoms. The van der Waals surface area contributed by atoms with Gasteiger partial charge in [0.05, 0.1) is 30.0 Å². The molecule has 3 rings (SSSR count). The van der Waals surface area contributed by atoms with Gasteiger partial charge in [0.25, 0.3) is 0 Å². The molecule has 0 N–H and O–H groups in total. The first-order valence-corrected chi connectivity index (χ1v) is 15.4. The second-order valence-electron chi connectivity index (χ2n) is 12.6. The molecule has 1 heterocycles. The Kier molecular flexibility index (Phi) is 11.0. The van der Waals surface area contributed by atoms with Crippen molar-refractivity contribution >= 4 is 29.7 Å². The third kappa shape index (κ3) is 7.21. The molecule has 240 valence electrons. The lowest BCUT2D eigenvalue weighted by Crippen LogP contribution is -2.58. The van der Waals surface area contributed by atoms with Crippen LogP contribution in [-0.2, 0) is 47.7 Å². The average Bonchev–Trinajstić information content (AvgIpc) is 3.62. The summed E-state index contributed by atoms with van der Waals surface area (Å²) in [7, 11) is 0. The molecule has 0 radical (unpaired) electrons. The molecule has 10 nitrogen and oxygen atoms in total. The number of rotatable bonds is 12. The van der Waals surface area contributed by atoms with Crippen molar-refractivity contribution in [3.63, 3.8) is 0 Å². The molecule has 3 fully saturated rings. The normalized spacial score (nSPS) is 34.0. The summed E-state index contributed by atoms with van der Waals surface area (Å²) in [4.78, 5) is 65.7. The number of fused-ring (bicyclic) bond motifs is 1. The highest BCUT2D eigenvalue weighted by molar-refractivity contribution is 5.92. The summed E-state index contributed by atoms with van der Waals surface area (Å²) >= 11 is 0. The fourth-order valence-electron chi connectivity index (χ4n) is 6.31. The number of epoxide rings is 1. The van der Waals surface area contributed by atoms with Crippen molar-refractivity contribution in [3.8, 4) is 0 Å². The molecule has 0 aromatic carbocycles. The van der Waals surface area contributed by atoms with Crippen LogP contribution in [0.4, 0.5) is 0 Å². The van der Waals surface area contributed by atoms with Crippen LogP contribution in [-0.4, -0.2) is 66.3 Å². The van der Waals surface area contributed by atoms with Gasteiger partial charge in [-0.3, -0.25) is 19.2 Å². The summed E-state index contributed by atoms with van der Waals surface area (Å²) < 4.78 is 29.5. The summed E-state index contributed by atoms with van der Waals surface area (Å²) in [5.74, 6) is -6.62. The number of esters is 4. The van der Waals surface area contributed by atoms with Gasteiger partial charge in [-0.2, -0.15) is 0 Å². The highest BCUT2D eigenvalue weighted by atomic mass is 16.6. The molecule has 10 heteroatoms. The van der Waals surface area contributed by atoms with E-state index in [-0.39, 0.29) is 0 Å². The Bertz CT molecular complexity index is 1150. The first-order valence-electron chi connectivity index (χ1n) is 15.4. The van der Waals surface area contributed by atoms with Gasteiger partial charge >= 0.3 is 23.9 Å². The van der Waals surface area contributed by atoms with Crippen LogP contribution in [0.25, 0.3) is 0 Å². The third-order valence-corrected chi connectivity index (χ3v) is 9.48. The molecule has 3 aliphatic rings. The standard InChI is InChI=1S/C33H48O10/c1-11-16(4)14-22(35)41-28-19(7)23-25(26(33(10)15-39-33)30(28)43-32(38)18(6)13-3)24(20(8)40-21(9)34)27(36)29(23)42-31(37)17(5)12-2/h14,17-18,20,23-26,28-30H,7,11-13,15H2,1-6,8-10H3. The van der Waals surface area contributed by atoms with Crippen molar-refractivity contribution in [1.29, 1.82) is 0 Å². The lowest BCUT2D eigenvalue weighted by Gasteiger charge is -2.48. The molecular formula is C33H48O10. The van der Waals surface area contributed by atoms with E-state index in [9.17, 15) is 24.0 Å². The zero-order valence-corrected chi connectivity index (χ0v) is 27.0. The van der Waals surface area contributed by atoms with E-state index in [1.54, 1.807) is 27.7 Å². The number of carbonyl (C=O) groups excluding carboxylic acids is 5. The van der Waals surface area contributed by atoms with E-state index < -0.39 is 95.2 Å². The van der Waals surface area contributed by atoms with Crippen LogP contribution in [0.15, 0.2) is 23.8 Å². The summed E-state index contributed by atoms with van der Waals surface area (Å²) in [5, 5.41) is 0. The molecule has 2 aliphatic carbocycles. The molecule has 1 saturated heterocycles. The van der Waals surface area contributed by atoms with Crippen LogP contribution in [0, 0.1) is 35.5 Å². The monoisotopic (exact) mass is 604 g/mol. The SMILES string of the molecule is C=C1C(OC(=O)C=C(C)CC)C(OC(=O)C(C)CC)C(C2(C)CO2)C2C(C(C)OC(C)=O)C(=O)C(OC(=O)C(C)CC)C12. The third-order valence-electron chi connectivity index (χ3n) is 9.48. The lowest BCUT2D eigenvalue weighted by molar-refractivity contribution is -0.185. The smallest absolute Gasteiger partial charge is 0.331 e. The Hall–Kier alpha value is -3.01. The van der Waals surface area contributed by atoms with Crippen LogP contribution in [0.2, 0.25) is 0 Å². The second-order valence-corrected chi connectivity index (χ2v) is 12.6. The molecule has 11 unspecified atom stereocenters. The Morgan fingerprint density at radius 3 is 2.02 bits per heavy atom. The van der Waals surface area contributed by atoms with E-state index in [2.05, 4.69) is 6.58 Å². The van der Waals surface area contributed by atoms with Gasteiger partial charge in [-0.25, -0.2) is 4.79 Å². The number of carbonyl (C=O) groups is 5. The van der Waals surface area contributed by atoms with Gasteiger partial charge in [0.2, 0.25) is 0 Å². The topological polar surface area (TPSA) is 135 Å². The van der Waals surface area contributed by atoms with E-state index in [1.807, 2.05) is 27.7 Å². The van der Waals surface area contributed by atoms with Crippen molar-refractivity contribution in [1.82, 2.24) is 0 Å². The maximum absolute atomic E-state index is 14.2. The summed E-state index contributed by atoms with van der Waals surface area (Å²) in [5.41, 5.74) is 0.239. The first-order chi connectivity index (χ1) is 20.1. The highest BCUT2D eigenvalue weighted by Crippen LogP contribution is 2.59. The van der Waals surface area contributed by atoms with Crippen molar-refractivity contribution in [2.45, 2.75) is 112 Å². The first kappa shape index (κ1) is 34.5. The Balaban J connectivity index is 2.21. The van der Waals surface area contributed by atoms with Crippen molar-refractivity contribution in [2.24, 2.45) is 35.5 Å². The summed E-state index contributed by atoms with van der Waals surface area (Å²) in [6.07, 6.45) is -1.30. The second kappa shape index (κ2) is 13.7. The number of hydrogen-bond acceptors (Lipinski definition) is 10. The van der Waals surface area contributed by atoms with E-state index in [0.29, 0.717) is 31.4 Å².